The zero-order valence-corrected chi connectivity index (χ0v) is 20.2. The summed E-state index contributed by atoms with van der Waals surface area (Å²) in [4.78, 5) is 38.6. The number of carbonyl (C=O) groups is 2. The summed E-state index contributed by atoms with van der Waals surface area (Å²) in [5.41, 5.74) is 2.16. The van der Waals surface area contributed by atoms with Crippen molar-refractivity contribution in [2.45, 2.75) is 50.2 Å². The van der Waals surface area contributed by atoms with Crippen molar-refractivity contribution in [1.29, 1.82) is 0 Å². The van der Waals surface area contributed by atoms with Crippen molar-refractivity contribution in [3.63, 3.8) is 0 Å². The van der Waals surface area contributed by atoms with Gasteiger partial charge in [0.05, 0.1) is 16.6 Å². The minimum atomic E-state index is -0.417. The SMILES string of the molecule is CCCCC(=O)Nc1ccc(SC(C)C(=O)Nc2c(C)n(C)n(-c3ccccc3)c2=O)cc1. The number of anilines is 2. The van der Waals surface area contributed by atoms with E-state index >= 15 is 0 Å². The van der Waals surface area contributed by atoms with E-state index in [0.29, 0.717) is 12.1 Å². The summed E-state index contributed by atoms with van der Waals surface area (Å²) in [6, 6.07) is 16.7. The molecule has 2 aromatic carbocycles. The molecular weight excluding hydrogens is 436 g/mol. The lowest BCUT2D eigenvalue weighted by atomic mass is 10.2. The minimum absolute atomic E-state index is 0.00406. The van der Waals surface area contributed by atoms with Crippen LogP contribution >= 0.6 is 11.8 Å². The molecule has 0 radical (unpaired) electrons. The first-order valence-corrected chi connectivity index (χ1v) is 11.9. The van der Waals surface area contributed by atoms with Gasteiger partial charge in [-0.15, -0.1) is 11.8 Å². The van der Waals surface area contributed by atoms with Gasteiger partial charge in [0.25, 0.3) is 5.56 Å². The fourth-order valence-electron chi connectivity index (χ4n) is 3.37. The van der Waals surface area contributed by atoms with Crippen molar-refractivity contribution in [3.05, 3.63) is 70.6 Å². The Morgan fingerprint density at radius 2 is 1.70 bits per heavy atom. The molecule has 0 bridgehead atoms. The summed E-state index contributed by atoms with van der Waals surface area (Å²) in [7, 11) is 1.79. The summed E-state index contributed by atoms with van der Waals surface area (Å²) in [5.74, 6) is -0.243. The fraction of sp³-hybridized carbons (Fsp3) is 0.320. The minimum Gasteiger partial charge on any atom is -0.326 e. The Kier molecular flexibility index (Phi) is 8.16. The number of aromatic nitrogens is 2. The Hall–Kier alpha value is -3.26. The number of amides is 2. The van der Waals surface area contributed by atoms with Crippen molar-refractivity contribution in [2.24, 2.45) is 7.05 Å². The van der Waals surface area contributed by atoms with Crippen molar-refractivity contribution < 1.29 is 9.59 Å². The number of para-hydroxylation sites is 1. The van der Waals surface area contributed by atoms with Crippen LogP contribution in [0.25, 0.3) is 5.69 Å². The predicted octanol–water partition coefficient (Wildman–Crippen LogP) is 4.73. The Balaban J connectivity index is 1.66. The quantitative estimate of drug-likeness (QED) is 0.447. The molecule has 1 heterocycles. The van der Waals surface area contributed by atoms with Crippen LogP contribution in [0, 0.1) is 6.92 Å². The zero-order chi connectivity index (χ0) is 24.0. The van der Waals surface area contributed by atoms with Crippen LogP contribution in [0.15, 0.2) is 64.3 Å². The molecule has 3 aromatic rings. The van der Waals surface area contributed by atoms with Crippen LogP contribution in [0.2, 0.25) is 0 Å². The molecule has 0 aliphatic rings. The first kappa shape index (κ1) is 24.4. The molecule has 1 atom stereocenters. The number of thioether (sulfide) groups is 1. The van der Waals surface area contributed by atoms with E-state index in [1.807, 2.05) is 61.5 Å². The van der Waals surface area contributed by atoms with E-state index in [2.05, 4.69) is 17.6 Å². The summed E-state index contributed by atoms with van der Waals surface area (Å²) < 4.78 is 3.27. The maximum Gasteiger partial charge on any atom is 0.295 e. The molecule has 0 saturated heterocycles. The monoisotopic (exact) mass is 466 g/mol. The molecule has 1 aromatic heterocycles. The number of benzene rings is 2. The van der Waals surface area contributed by atoms with E-state index in [1.54, 1.807) is 18.7 Å². The average Bonchev–Trinajstić information content (AvgIpc) is 3.02. The highest BCUT2D eigenvalue weighted by molar-refractivity contribution is 8.00. The Morgan fingerprint density at radius 1 is 1.03 bits per heavy atom. The third-order valence-corrected chi connectivity index (χ3v) is 6.49. The third kappa shape index (κ3) is 5.96. The predicted molar refractivity (Wildman–Crippen MR) is 134 cm³/mol. The summed E-state index contributed by atoms with van der Waals surface area (Å²) >= 11 is 1.39. The van der Waals surface area contributed by atoms with Gasteiger partial charge in [-0.25, -0.2) is 4.68 Å². The van der Waals surface area contributed by atoms with E-state index in [1.165, 1.54) is 16.4 Å². The third-order valence-electron chi connectivity index (χ3n) is 5.38. The van der Waals surface area contributed by atoms with Gasteiger partial charge in [0, 0.05) is 24.1 Å². The molecule has 2 N–H and O–H groups in total. The Bertz CT molecular complexity index is 1170. The van der Waals surface area contributed by atoms with Crippen molar-refractivity contribution >= 4 is 35.0 Å². The Morgan fingerprint density at radius 3 is 2.33 bits per heavy atom. The second-order valence-corrected chi connectivity index (χ2v) is 9.28. The molecule has 0 fully saturated rings. The number of unbranched alkanes of at least 4 members (excludes halogenated alkanes) is 1. The average molecular weight is 467 g/mol. The summed E-state index contributed by atoms with van der Waals surface area (Å²) in [6.45, 7) is 5.66. The standard InChI is InChI=1S/C25H30N4O3S/c1-5-6-12-22(30)26-19-13-15-21(16-14-19)33-18(3)24(31)27-23-17(2)28(4)29(25(23)32)20-10-8-7-9-11-20/h7-11,13-16,18H,5-6,12H2,1-4H3,(H,26,30)(H,27,31). The lowest BCUT2D eigenvalue weighted by Crippen LogP contribution is -2.27. The summed E-state index contributed by atoms with van der Waals surface area (Å²) in [5, 5.41) is 5.28. The van der Waals surface area contributed by atoms with Gasteiger partial charge in [-0.05, 0) is 56.7 Å². The highest BCUT2D eigenvalue weighted by Gasteiger charge is 2.21. The van der Waals surface area contributed by atoms with Gasteiger partial charge < -0.3 is 10.6 Å². The largest absolute Gasteiger partial charge is 0.326 e. The highest BCUT2D eigenvalue weighted by Crippen LogP contribution is 2.26. The van der Waals surface area contributed by atoms with Gasteiger partial charge in [-0.1, -0.05) is 31.5 Å². The van der Waals surface area contributed by atoms with Crippen LogP contribution in [0.4, 0.5) is 11.4 Å². The first-order valence-electron chi connectivity index (χ1n) is 11.0. The first-order chi connectivity index (χ1) is 15.8. The molecule has 33 heavy (non-hydrogen) atoms. The molecule has 8 heteroatoms. The van der Waals surface area contributed by atoms with E-state index in [-0.39, 0.29) is 23.1 Å². The molecule has 0 saturated carbocycles. The molecule has 174 valence electrons. The van der Waals surface area contributed by atoms with Gasteiger partial charge in [-0.3, -0.25) is 19.1 Å². The lowest BCUT2D eigenvalue weighted by Gasteiger charge is -2.12. The molecule has 1 unspecified atom stereocenters. The van der Waals surface area contributed by atoms with Gasteiger partial charge in [-0.2, -0.15) is 0 Å². The maximum absolute atomic E-state index is 13.0. The highest BCUT2D eigenvalue weighted by atomic mass is 32.2. The van der Waals surface area contributed by atoms with Crippen LogP contribution < -0.4 is 16.2 Å². The van der Waals surface area contributed by atoms with Crippen molar-refractivity contribution in [3.8, 4) is 5.69 Å². The van der Waals surface area contributed by atoms with E-state index < -0.39 is 5.25 Å². The smallest absolute Gasteiger partial charge is 0.295 e. The molecular formula is C25H30N4O3S. The normalized spacial score (nSPS) is 11.8. The number of nitrogens with one attached hydrogen (secondary N) is 2. The van der Waals surface area contributed by atoms with Crippen LogP contribution in [0.5, 0.6) is 0 Å². The number of carbonyl (C=O) groups excluding carboxylic acids is 2. The second-order valence-electron chi connectivity index (χ2n) is 7.86. The Labute approximate surface area is 198 Å². The van der Waals surface area contributed by atoms with Crippen molar-refractivity contribution in [2.75, 3.05) is 10.6 Å². The number of hydrogen-bond donors (Lipinski definition) is 2. The molecule has 3 rings (SSSR count). The van der Waals surface area contributed by atoms with Gasteiger partial charge >= 0.3 is 0 Å². The van der Waals surface area contributed by atoms with Gasteiger partial charge in [0.2, 0.25) is 11.8 Å². The molecule has 0 aliphatic carbocycles. The van der Waals surface area contributed by atoms with E-state index in [4.69, 9.17) is 0 Å². The fourth-order valence-corrected chi connectivity index (χ4v) is 4.24. The van der Waals surface area contributed by atoms with Crippen LogP contribution in [-0.2, 0) is 16.6 Å². The van der Waals surface area contributed by atoms with Crippen LogP contribution in [-0.4, -0.2) is 26.4 Å². The van der Waals surface area contributed by atoms with Gasteiger partial charge in [0.1, 0.15) is 5.69 Å². The topological polar surface area (TPSA) is 85.1 Å². The lowest BCUT2D eigenvalue weighted by molar-refractivity contribution is -0.116. The van der Waals surface area contributed by atoms with E-state index in [0.717, 1.165) is 29.1 Å². The van der Waals surface area contributed by atoms with Gasteiger partial charge in [0.15, 0.2) is 0 Å². The van der Waals surface area contributed by atoms with Crippen molar-refractivity contribution in [1.82, 2.24) is 9.36 Å². The summed E-state index contributed by atoms with van der Waals surface area (Å²) in [6.07, 6.45) is 2.35. The second kappa shape index (κ2) is 11.0. The molecule has 0 aliphatic heterocycles. The zero-order valence-electron chi connectivity index (χ0n) is 19.4. The van der Waals surface area contributed by atoms with Crippen LogP contribution in [0.3, 0.4) is 0 Å². The number of nitrogens with zero attached hydrogens (tertiary/aromatic N) is 2. The van der Waals surface area contributed by atoms with E-state index in [9.17, 15) is 14.4 Å². The molecule has 7 nitrogen and oxygen atoms in total. The maximum atomic E-state index is 13.0. The number of hydrogen-bond acceptors (Lipinski definition) is 4. The number of rotatable bonds is 9. The van der Waals surface area contributed by atoms with Crippen LogP contribution in [0.1, 0.15) is 38.8 Å². The molecule has 2 amide bonds. The molecule has 0 spiro atoms.